The van der Waals surface area contributed by atoms with Gasteiger partial charge in [-0.3, -0.25) is 0 Å². The molecule has 0 aromatic heterocycles. The van der Waals surface area contributed by atoms with Gasteiger partial charge in [-0.05, 0) is 63.2 Å². The second kappa shape index (κ2) is 7.20. The van der Waals surface area contributed by atoms with E-state index in [9.17, 15) is 0 Å². The fourth-order valence-electron chi connectivity index (χ4n) is 2.88. The Bertz CT molecular complexity index is 394. The largest absolute Gasteiger partial charge is 0.382 e. The fraction of sp³-hybridized carbons (Fsp3) is 0.625. The Balaban J connectivity index is 1.94. The highest BCUT2D eigenvalue weighted by molar-refractivity contribution is 7.98. The first-order valence-corrected chi connectivity index (χ1v) is 8.58. The third-order valence-electron chi connectivity index (χ3n) is 4.16. The molecule has 0 bridgehead atoms. The van der Waals surface area contributed by atoms with Crippen molar-refractivity contribution in [3.05, 3.63) is 24.3 Å². The zero-order valence-electron chi connectivity index (χ0n) is 12.4. The molecule has 0 saturated carbocycles. The van der Waals surface area contributed by atoms with Gasteiger partial charge in [0.2, 0.25) is 0 Å². The maximum Gasteiger partial charge on any atom is 0.0353 e. The topological polar surface area (TPSA) is 15.3 Å². The molecule has 3 heteroatoms. The van der Waals surface area contributed by atoms with Crippen LogP contribution in [0.15, 0.2) is 29.2 Å². The van der Waals surface area contributed by atoms with Crippen molar-refractivity contribution in [3.63, 3.8) is 0 Å². The summed E-state index contributed by atoms with van der Waals surface area (Å²) >= 11 is 1.80. The number of rotatable bonds is 5. The van der Waals surface area contributed by atoms with E-state index in [1.807, 2.05) is 0 Å². The molecule has 0 amide bonds. The van der Waals surface area contributed by atoms with Crippen LogP contribution < -0.4 is 5.32 Å². The van der Waals surface area contributed by atoms with Gasteiger partial charge in [0.25, 0.3) is 0 Å². The molecule has 19 heavy (non-hydrogen) atoms. The Morgan fingerprint density at radius 1 is 1.47 bits per heavy atom. The number of likely N-dealkylation sites (tertiary alicyclic amines) is 1. The molecule has 1 saturated heterocycles. The van der Waals surface area contributed by atoms with Crippen molar-refractivity contribution in [2.24, 2.45) is 5.92 Å². The minimum Gasteiger partial charge on any atom is -0.382 e. The molecular weight excluding hydrogens is 252 g/mol. The van der Waals surface area contributed by atoms with Gasteiger partial charge in [-0.25, -0.2) is 0 Å². The number of nitrogens with zero attached hydrogens (tertiary/aromatic N) is 1. The van der Waals surface area contributed by atoms with Gasteiger partial charge in [0.05, 0.1) is 0 Å². The second-order valence-corrected chi connectivity index (χ2v) is 6.34. The summed E-state index contributed by atoms with van der Waals surface area (Å²) in [5.41, 5.74) is 1.26. The minimum atomic E-state index is 0.548. The summed E-state index contributed by atoms with van der Waals surface area (Å²) in [6.45, 7) is 8.30. The van der Waals surface area contributed by atoms with E-state index in [-0.39, 0.29) is 0 Å². The van der Waals surface area contributed by atoms with Gasteiger partial charge < -0.3 is 10.2 Å². The van der Waals surface area contributed by atoms with Crippen molar-refractivity contribution < 1.29 is 0 Å². The Hall–Kier alpha value is -0.670. The highest BCUT2D eigenvalue weighted by Crippen LogP contribution is 2.24. The summed E-state index contributed by atoms with van der Waals surface area (Å²) in [7, 11) is 0. The van der Waals surface area contributed by atoms with E-state index in [1.54, 1.807) is 11.8 Å². The van der Waals surface area contributed by atoms with Crippen LogP contribution in [-0.2, 0) is 0 Å². The first kappa shape index (κ1) is 14.7. The zero-order valence-corrected chi connectivity index (χ0v) is 13.2. The highest BCUT2D eigenvalue weighted by atomic mass is 32.2. The van der Waals surface area contributed by atoms with Crippen LogP contribution in [0.3, 0.4) is 0 Å². The smallest absolute Gasteiger partial charge is 0.0353 e. The number of piperidine rings is 1. The number of thioether (sulfide) groups is 1. The molecule has 0 spiro atoms. The van der Waals surface area contributed by atoms with E-state index < -0.39 is 0 Å². The minimum absolute atomic E-state index is 0.548. The molecule has 2 rings (SSSR count). The van der Waals surface area contributed by atoms with Crippen molar-refractivity contribution in [2.75, 3.05) is 31.2 Å². The summed E-state index contributed by atoms with van der Waals surface area (Å²) in [5, 5.41) is 3.69. The monoisotopic (exact) mass is 278 g/mol. The van der Waals surface area contributed by atoms with Crippen LogP contribution in [0, 0.1) is 5.92 Å². The Labute approximate surface area is 122 Å². The molecule has 0 radical (unpaired) electrons. The zero-order chi connectivity index (χ0) is 13.7. The summed E-state index contributed by atoms with van der Waals surface area (Å²) in [6.07, 6.45) is 4.82. The van der Waals surface area contributed by atoms with Crippen LogP contribution in [0.1, 0.15) is 26.7 Å². The second-order valence-electron chi connectivity index (χ2n) is 5.46. The van der Waals surface area contributed by atoms with Crippen LogP contribution in [0.2, 0.25) is 0 Å². The lowest BCUT2D eigenvalue weighted by molar-refractivity contribution is 0.172. The van der Waals surface area contributed by atoms with Crippen molar-refractivity contribution in [2.45, 2.75) is 37.6 Å². The van der Waals surface area contributed by atoms with E-state index in [2.05, 4.69) is 54.6 Å². The lowest BCUT2D eigenvalue weighted by Gasteiger charge is -2.35. The molecule has 2 nitrogen and oxygen atoms in total. The summed E-state index contributed by atoms with van der Waals surface area (Å²) in [4.78, 5) is 3.90. The van der Waals surface area contributed by atoms with Crippen LogP contribution >= 0.6 is 11.8 Å². The van der Waals surface area contributed by atoms with Gasteiger partial charge in [0, 0.05) is 23.2 Å². The predicted molar refractivity (Wildman–Crippen MR) is 86.1 cm³/mol. The van der Waals surface area contributed by atoms with E-state index in [0.29, 0.717) is 6.04 Å². The lowest BCUT2D eigenvalue weighted by atomic mass is 9.91. The third kappa shape index (κ3) is 4.15. The van der Waals surface area contributed by atoms with E-state index in [1.165, 1.54) is 43.1 Å². The Kier molecular flexibility index (Phi) is 5.59. The first-order chi connectivity index (χ1) is 9.22. The van der Waals surface area contributed by atoms with Crippen LogP contribution in [0.4, 0.5) is 5.69 Å². The quantitative estimate of drug-likeness (QED) is 0.821. The van der Waals surface area contributed by atoms with Gasteiger partial charge in [0.15, 0.2) is 0 Å². The molecule has 106 valence electrons. The van der Waals surface area contributed by atoms with Gasteiger partial charge in [-0.15, -0.1) is 11.8 Å². The number of nitrogens with one attached hydrogen (secondary N) is 1. The summed E-state index contributed by atoms with van der Waals surface area (Å²) < 4.78 is 0. The standard InChI is InChI=1S/C16H26N2S/c1-4-18-10-6-7-14(12-18)13(2)17-15-8-5-9-16(11-15)19-3/h5,8-9,11,13-14,17H,4,6-7,10,12H2,1-3H3. The average Bonchev–Trinajstić information content (AvgIpc) is 2.47. The van der Waals surface area contributed by atoms with E-state index >= 15 is 0 Å². The molecule has 2 atom stereocenters. The first-order valence-electron chi connectivity index (χ1n) is 7.36. The summed E-state index contributed by atoms with van der Waals surface area (Å²) in [6, 6.07) is 9.28. The van der Waals surface area contributed by atoms with Gasteiger partial charge >= 0.3 is 0 Å². The van der Waals surface area contributed by atoms with Crippen LogP contribution in [-0.4, -0.2) is 36.8 Å². The van der Waals surface area contributed by atoms with Gasteiger partial charge in [-0.2, -0.15) is 0 Å². The van der Waals surface area contributed by atoms with Crippen molar-refractivity contribution in [3.8, 4) is 0 Å². The number of hydrogen-bond acceptors (Lipinski definition) is 3. The normalized spacial score (nSPS) is 22.2. The van der Waals surface area contributed by atoms with E-state index in [0.717, 1.165) is 5.92 Å². The highest BCUT2D eigenvalue weighted by Gasteiger charge is 2.23. The number of benzene rings is 1. The predicted octanol–water partition coefficient (Wildman–Crippen LogP) is 3.94. The Morgan fingerprint density at radius 3 is 3.05 bits per heavy atom. The van der Waals surface area contributed by atoms with Crippen LogP contribution in [0.5, 0.6) is 0 Å². The maximum absolute atomic E-state index is 3.69. The molecule has 1 aromatic carbocycles. The molecule has 1 N–H and O–H groups in total. The Morgan fingerprint density at radius 2 is 2.32 bits per heavy atom. The molecule has 1 heterocycles. The molecular formula is C16H26N2S. The molecule has 0 aliphatic carbocycles. The third-order valence-corrected chi connectivity index (χ3v) is 4.89. The average molecular weight is 278 g/mol. The van der Waals surface area contributed by atoms with Crippen LogP contribution in [0.25, 0.3) is 0 Å². The fourth-order valence-corrected chi connectivity index (χ4v) is 3.34. The van der Waals surface area contributed by atoms with Crippen molar-refractivity contribution in [1.29, 1.82) is 0 Å². The van der Waals surface area contributed by atoms with Gasteiger partial charge in [0.1, 0.15) is 0 Å². The van der Waals surface area contributed by atoms with Crippen molar-refractivity contribution in [1.82, 2.24) is 4.90 Å². The van der Waals surface area contributed by atoms with Gasteiger partial charge in [-0.1, -0.05) is 13.0 Å². The molecule has 1 aromatic rings. The maximum atomic E-state index is 3.69. The van der Waals surface area contributed by atoms with Crippen molar-refractivity contribution >= 4 is 17.4 Å². The number of anilines is 1. The summed E-state index contributed by atoms with van der Waals surface area (Å²) in [5.74, 6) is 0.770. The number of hydrogen-bond donors (Lipinski definition) is 1. The molecule has 1 aliphatic rings. The molecule has 1 aliphatic heterocycles. The molecule has 2 unspecified atom stereocenters. The van der Waals surface area contributed by atoms with E-state index in [4.69, 9.17) is 0 Å². The SMILES string of the molecule is CCN1CCCC(C(C)Nc2cccc(SC)c2)C1. The lowest BCUT2D eigenvalue weighted by Crippen LogP contribution is -2.41. The molecule has 1 fully saturated rings.